The van der Waals surface area contributed by atoms with Crippen molar-refractivity contribution in [1.82, 2.24) is 15.4 Å². The van der Waals surface area contributed by atoms with Crippen LogP contribution in [0.5, 0.6) is 0 Å². The summed E-state index contributed by atoms with van der Waals surface area (Å²) in [6, 6.07) is 2.05. The number of likely N-dealkylation sites (N-methyl/N-ethyl adjacent to an activating group) is 1. The molecule has 0 aliphatic heterocycles. The van der Waals surface area contributed by atoms with E-state index in [1.54, 1.807) is 0 Å². The van der Waals surface area contributed by atoms with Crippen LogP contribution in [-0.2, 0) is 11.3 Å². The van der Waals surface area contributed by atoms with E-state index in [1.807, 2.05) is 13.1 Å². The lowest BCUT2D eigenvalue weighted by Gasteiger charge is -2.21. The van der Waals surface area contributed by atoms with E-state index in [1.165, 1.54) is 12.8 Å². The Morgan fingerprint density at radius 2 is 2.16 bits per heavy atom. The van der Waals surface area contributed by atoms with E-state index in [0.717, 1.165) is 62.5 Å². The van der Waals surface area contributed by atoms with Crippen molar-refractivity contribution in [2.45, 2.75) is 58.9 Å². The number of nitrogens with zero attached hydrogens (tertiary/aromatic N) is 3. The number of hydrogen-bond donors (Lipinski definition) is 1. The molecule has 25 heavy (non-hydrogen) atoms. The second-order valence-corrected chi connectivity index (χ2v) is 6.84. The lowest BCUT2D eigenvalue weighted by Crippen LogP contribution is -2.40. The Hall–Kier alpha value is -1.56. The summed E-state index contributed by atoms with van der Waals surface area (Å²) in [5.74, 6) is 2.97. The Morgan fingerprint density at radius 1 is 1.40 bits per heavy atom. The van der Waals surface area contributed by atoms with Gasteiger partial charge in [-0.25, -0.2) is 4.99 Å². The Morgan fingerprint density at radius 3 is 2.80 bits per heavy atom. The van der Waals surface area contributed by atoms with Gasteiger partial charge in [0.05, 0.1) is 12.3 Å². The lowest BCUT2D eigenvalue weighted by molar-refractivity contribution is 0.115. The van der Waals surface area contributed by atoms with Gasteiger partial charge in [0, 0.05) is 38.7 Å². The number of hydrogen-bond acceptors (Lipinski definition) is 4. The van der Waals surface area contributed by atoms with Crippen LogP contribution in [0.2, 0.25) is 0 Å². The third kappa shape index (κ3) is 6.69. The van der Waals surface area contributed by atoms with Gasteiger partial charge >= 0.3 is 0 Å². The molecule has 1 aromatic rings. The largest absolute Gasteiger partial charge is 0.379 e. The highest BCUT2D eigenvalue weighted by atomic mass is 16.5. The summed E-state index contributed by atoms with van der Waals surface area (Å²) in [6.07, 6.45) is 4.82. The highest BCUT2D eigenvalue weighted by Gasteiger charge is 2.21. The topological polar surface area (TPSA) is 62.9 Å². The minimum atomic E-state index is 0.473. The zero-order valence-electron chi connectivity index (χ0n) is 16.3. The summed E-state index contributed by atoms with van der Waals surface area (Å²) in [7, 11) is 2.04. The number of nitrogens with one attached hydrogen (secondary N) is 1. The molecule has 1 heterocycles. The molecule has 6 nitrogen and oxygen atoms in total. The molecule has 142 valence electrons. The van der Waals surface area contributed by atoms with E-state index in [9.17, 15) is 0 Å². The molecule has 0 bridgehead atoms. The number of aromatic nitrogens is 1. The van der Waals surface area contributed by atoms with Crippen molar-refractivity contribution in [2.24, 2.45) is 10.9 Å². The summed E-state index contributed by atoms with van der Waals surface area (Å²) in [6.45, 7) is 10.2. The van der Waals surface area contributed by atoms with E-state index in [4.69, 9.17) is 9.26 Å². The molecule has 1 N–H and O–H groups in total. The molecule has 0 radical (unpaired) electrons. The average molecular weight is 351 g/mol. The second-order valence-electron chi connectivity index (χ2n) is 6.84. The fourth-order valence-electron chi connectivity index (χ4n) is 2.77. The molecule has 2 rings (SSSR count). The van der Waals surface area contributed by atoms with Crippen molar-refractivity contribution in [3.8, 4) is 0 Å². The van der Waals surface area contributed by atoms with Crippen LogP contribution in [-0.4, -0.2) is 49.4 Å². The first-order chi connectivity index (χ1) is 12.2. The normalized spacial score (nSPS) is 15.0. The van der Waals surface area contributed by atoms with Gasteiger partial charge in [-0.3, -0.25) is 0 Å². The van der Waals surface area contributed by atoms with Gasteiger partial charge in [-0.05, 0) is 38.5 Å². The molecule has 0 aromatic carbocycles. The summed E-state index contributed by atoms with van der Waals surface area (Å²) >= 11 is 0. The molecule has 0 atom stereocenters. The molecule has 1 aliphatic carbocycles. The maximum atomic E-state index is 5.72. The van der Waals surface area contributed by atoms with Gasteiger partial charge in [-0.15, -0.1) is 0 Å². The van der Waals surface area contributed by atoms with Crippen LogP contribution in [0.1, 0.15) is 63.8 Å². The monoisotopic (exact) mass is 350 g/mol. The van der Waals surface area contributed by atoms with Gasteiger partial charge in [0.25, 0.3) is 0 Å². The number of rotatable bonds is 11. The second kappa shape index (κ2) is 10.4. The van der Waals surface area contributed by atoms with Crippen molar-refractivity contribution in [1.29, 1.82) is 0 Å². The molecule has 1 aliphatic rings. The quantitative estimate of drug-likeness (QED) is 0.376. The van der Waals surface area contributed by atoms with Gasteiger partial charge in [0.15, 0.2) is 11.7 Å². The molecular weight excluding hydrogens is 316 g/mol. The van der Waals surface area contributed by atoms with Crippen molar-refractivity contribution in [3.63, 3.8) is 0 Å². The molecule has 0 unspecified atom stereocenters. The highest BCUT2D eigenvalue weighted by Crippen LogP contribution is 2.28. The molecule has 6 heteroatoms. The predicted octanol–water partition coefficient (Wildman–Crippen LogP) is 3.40. The van der Waals surface area contributed by atoms with Crippen molar-refractivity contribution < 1.29 is 9.26 Å². The molecular formula is C19H34N4O2. The maximum Gasteiger partial charge on any atom is 0.194 e. The first-order valence-electron chi connectivity index (χ1n) is 9.70. The van der Waals surface area contributed by atoms with E-state index in [2.05, 4.69) is 41.1 Å². The van der Waals surface area contributed by atoms with Crippen molar-refractivity contribution in [3.05, 3.63) is 17.5 Å². The van der Waals surface area contributed by atoms with Crippen LogP contribution in [0.25, 0.3) is 0 Å². The zero-order valence-corrected chi connectivity index (χ0v) is 16.3. The summed E-state index contributed by atoms with van der Waals surface area (Å²) in [4.78, 5) is 6.78. The SMILES string of the molecule is CCNC(=NCc1cc(C(CC)CC)no1)N(C)CCOCC1CC1. The van der Waals surface area contributed by atoms with Crippen molar-refractivity contribution in [2.75, 3.05) is 33.4 Å². The molecule has 1 saturated carbocycles. The van der Waals surface area contributed by atoms with Crippen LogP contribution in [0, 0.1) is 5.92 Å². The standard InChI is InChI=1S/C19H34N4O2/c1-5-16(6-2)18-12-17(25-22-18)13-21-19(20-7-3)23(4)10-11-24-14-15-8-9-15/h12,15-16H,5-11,13-14H2,1-4H3,(H,20,21). The smallest absolute Gasteiger partial charge is 0.194 e. The Kier molecular flexibility index (Phi) is 8.25. The Bertz CT molecular complexity index is 521. The highest BCUT2D eigenvalue weighted by molar-refractivity contribution is 5.79. The molecule has 0 spiro atoms. The number of aliphatic imine (C=N–C) groups is 1. The van der Waals surface area contributed by atoms with E-state index >= 15 is 0 Å². The summed E-state index contributed by atoms with van der Waals surface area (Å²) in [5.41, 5.74) is 1.04. The number of guanidine groups is 1. The Balaban J connectivity index is 1.84. The van der Waals surface area contributed by atoms with Crippen LogP contribution in [0.15, 0.2) is 15.6 Å². The zero-order chi connectivity index (χ0) is 18.1. The molecule has 1 fully saturated rings. The van der Waals surface area contributed by atoms with E-state index < -0.39 is 0 Å². The lowest BCUT2D eigenvalue weighted by atomic mass is 9.99. The van der Waals surface area contributed by atoms with Gasteiger partial charge in [-0.1, -0.05) is 19.0 Å². The van der Waals surface area contributed by atoms with Crippen LogP contribution < -0.4 is 5.32 Å². The van der Waals surface area contributed by atoms with E-state index in [-0.39, 0.29) is 0 Å². The van der Waals surface area contributed by atoms with Crippen LogP contribution in [0.3, 0.4) is 0 Å². The molecule has 1 aromatic heterocycles. The fourth-order valence-corrected chi connectivity index (χ4v) is 2.77. The van der Waals surface area contributed by atoms with Gasteiger partial charge in [0.2, 0.25) is 0 Å². The van der Waals surface area contributed by atoms with Gasteiger partial charge in [-0.2, -0.15) is 0 Å². The third-order valence-electron chi connectivity index (χ3n) is 4.68. The average Bonchev–Trinajstić information content (AvgIpc) is 3.33. The predicted molar refractivity (Wildman–Crippen MR) is 101 cm³/mol. The van der Waals surface area contributed by atoms with Crippen LogP contribution in [0.4, 0.5) is 0 Å². The van der Waals surface area contributed by atoms with E-state index in [0.29, 0.717) is 12.5 Å². The minimum Gasteiger partial charge on any atom is -0.379 e. The fraction of sp³-hybridized carbons (Fsp3) is 0.789. The first-order valence-corrected chi connectivity index (χ1v) is 9.70. The third-order valence-corrected chi connectivity index (χ3v) is 4.68. The first kappa shape index (κ1) is 19.8. The molecule has 0 saturated heterocycles. The Labute approximate surface area is 152 Å². The minimum absolute atomic E-state index is 0.473. The van der Waals surface area contributed by atoms with Gasteiger partial charge < -0.3 is 19.5 Å². The summed E-state index contributed by atoms with van der Waals surface area (Å²) < 4.78 is 11.2. The summed E-state index contributed by atoms with van der Waals surface area (Å²) in [5, 5.41) is 7.54. The van der Waals surface area contributed by atoms with Gasteiger partial charge in [0.1, 0.15) is 6.54 Å². The number of ether oxygens (including phenoxy) is 1. The van der Waals surface area contributed by atoms with Crippen LogP contribution >= 0.6 is 0 Å². The van der Waals surface area contributed by atoms with Crippen molar-refractivity contribution >= 4 is 5.96 Å². The molecule has 0 amide bonds. The maximum absolute atomic E-state index is 5.72.